The summed E-state index contributed by atoms with van der Waals surface area (Å²) in [4.78, 5) is 94.1. The van der Waals surface area contributed by atoms with E-state index in [1.165, 1.54) is 41.0 Å². The van der Waals surface area contributed by atoms with E-state index in [4.69, 9.17) is 19.3 Å². The lowest BCUT2D eigenvalue weighted by Crippen LogP contribution is -2.71. The number of aliphatic carboxylic acids is 2. The maximum absolute atomic E-state index is 14.6. The van der Waals surface area contributed by atoms with E-state index < -0.39 is 64.5 Å². The summed E-state index contributed by atoms with van der Waals surface area (Å²) >= 11 is 3.70. The summed E-state index contributed by atoms with van der Waals surface area (Å²) in [7, 11) is 0. The number of anilines is 1. The van der Waals surface area contributed by atoms with Gasteiger partial charge in [-0.2, -0.15) is 0 Å². The largest absolute Gasteiger partial charge is 0.478 e. The standard InChI is InChI=1S/C50H40N6O11S3/c1-29(57)65-38-19-18-31(26-39(38)66-30(2)58)43(48(63)64)67-55-40(44(59)53-41-45(60)56-42(47(61)62)32(27-69-46(41)56)22-25-68-36-20-23-51-24-21-36)37-28-70-49(52-37)54-50(33-12-6-3-7-13-33,34-14-8-4-9-15-34)35-16-10-5-11-17-35/h3-26,28,41,43,46H,27H2,1-2H3,(H,52,54)(H,53,59)(H,61,62)(H,63,64)/t41-,43-,46+/m1/s1. The van der Waals surface area contributed by atoms with Crippen molar-refractivity contribution in [3.63, 3.8) is 0 Å². The number of fused-ring (bicyclic) bond motifs is 1. The van der Waals surface area contributed by atoms with Crippen LogP contribution in [-0.4, -0.2) is 83.7 Å². The second-order valence-electron chi connectivity index (χ2n) is 15.3. The Hall–Kier alpha value is -8.07. The number of carbonyl (C=O) groups is 6. The zero-order valence-corrected chi connectivity index (χ0v) is 39.4. The van der Waals surface area contributed by atoms with Crippen LogP contribution in [0, 0.1) is 0 Å². The van der Waals surface area contributed by atoms with Crippen molar-refractivity contribution >= 4 is 81.4 Å². The molecule has 354 valence electrons. The van der Waals surface area contributed by atoms with Gasteiger partial charge in [-0.25, -0.2) is 14.6 Å². The zero-order valence-electron chi connectivity index (χ0n) is 37.0. The van der Waals surface area contributed by atoms with Crippen molar-refractivity contribution in [3.8, 4) is 11.5 Å². The summed E-state index contributed by atoms with van der Waals surface area (Å²) in [5.74, 6) is -6.40. The molecule has 4 aromatic carbocycles. The van der Waals surface area contributed by atoms with Gasteiger partial charge in [0.1, 0.15) is 28.3 Å². The Bertz CT molecular complexity index is 2950. The Labute approximate surface area is 412 Å². The summed E-state index contributed by atoms with van der Waals surface area (Å²) in [6, 6.07) is 35.0. The monoisotopic (exact) mass is 996 g/mol. The quantitative estimate of drug-likeness (QED) is 0.0125. The van der Waals surface area contributed by atoms with E-state index in [1.54, 1.807) is 36.0 Å². The number of aromatic nitrogens is 2. The van der Waals surface area contributed by atoms with E-state index in [0.29, 0.717) is 10.7 Å². The van der Waals surface area contributed by atoms with Gasteiger partial charge in [0.2, 0.25) is 6.10 Å². The van der Waals surface area contributed by atoms with Crippen molar-refractivity contribution in [2.75, 3.05) is 11.1 Å². The first kappa shape index (κ1) is 48.4. The summed E-state index contributed by atoms with van der Waals surface area (Å²) in [5.41, 5.74) is 0.963. The second-order valence-corrected chi connectivity index (χ2v) is 18.3. The van der Waals surface area contributed by atoms with Crippen LogP contribution in [-0.2, 0) is 39.1 Å². The van der Waals surface area contributed by atoms with Crippen LogP contribution in [0.15, 0.2) is 172 Å². The molecule has 2 aliphatic rings. The van der Waals surface area contributed by atoms with Crippen LogP contribution in [0.2, 0.25) is 0 Å². The molecule has 17 nitrogen and oxygen atoms in total. The molecule has 70 heavy (non-hydrogen) atoms. The lowest BCUT2D eigenvalue weighted by atomic mass is 9.77. The fraction of sp³-hybridized carbons (Fsp3) is 0.140. The molecule has 0 unspecified atom stereocenters. The lowest BCUT2D eigenvalue weighted by molar-refractivity contribution is -0.151. The van der Waals surface area contributed by atoms with Gasteiger partial charge >= 0.3 is 23.9 Å². The molecule has 0 aliphatic carbocycles. The number of pyridine rings is 1. The molecule has 2 aromatic heterocycles. The van der Waals surface area contributed by atoms with Gasteiger partial charge in [0.25, 0.3) is 11.8 Å². The molecule has 2 amide bonds. The molecule has 8 rings (SSSR count). The molecule has 2 aliphatic heterocycles. The maximum Gasteiger partial charge on any atom is 0.352 e. The van der Waals surface area contributed by atoms with E-state index in [-0.39, 0.29) is 34.2 Å². The van der Waals surface area contributed by atoms with Gasteiger partial charge < -0.3 is 35.2 Å². The molecule has 4 heterocycles. The van der Waals surface area contributed by atoms with Gasteiger partial charge in [0.05, 0.1) is 0 Å². The number of nitrogens with one attached hydrogen (secondary N) is 2. The van der Waals surface area contributed by atoms with Crippen LogP contribution < -0.4 is 20.1 Å². The number of carboxylic acids is 2. The Morgan fingerprint density at radius 1 is 0.843 bits per heavy atom. The van der Waals surface area contributed by atoms with Crippen LogP contribution in [0.25, 0.3) is 0 Å². The Balaban J connectivity index is 1.15. The number of allylic oxidation sites excluding steroid dienone is 1. The molecule has 1 saturated heterocycles. The fourth-order valence-corrected chi connectivity index (χ4v) is 10.4. The molecular formula is C50H40N6O11S3. The Kier molecular flexibility index (Phi) is 14.9. The topological polar surface area (TPSA) is 236 Å². The predicted octanol–water partition coefficient (Wildman–Crippen LogP) is 7.38. The molecule has 4 N–H and O–H groups in total. The highest BCUT2D eigenvalue weighted by molar-refractivity contribution is 8.02. The van der Waals surface area contributed by atoms with Gasteiger partial charge in [0.15, 0.2) is 22.3 Å². The smallest absolute Gasteiger partial charge is 0.352 e. The van der Waals surface area contributed by atoms with E-state index in [1.807, 2.05) is 91.0 Å². The van der Waals surface area contributed by atoms with Gasteiger partial charge in [-0.3, -0.25) is 29.1 Å². The summed E-state index contributed by atoms with van der Waals surface area (Å²) in [5, 5.41) is 33.8. The average Bonchev–Trinajstić information content (AvgIpc) is 3.82. The number of thiazole rings is 1. The van der Waals surface area contributed by atoms with Gasteiger partial charge in [-0.05, 0) is 58.0 Å². The van der Waals surface area contributed by atoms with Crippen molar-refractivity contribution in [1.82, 2.24) is 20.2 Å². The van der Waals surface area contributed by atoms with Crippen molar-refractivity contribution in [2.45, 2.75) is 41.8 Å². The normalized spacial score (nSPS) is 16.1. The minimum Gasteiger partial charge on any atom is -0.478 e. The number of nitrogens with zero attached hydrogens (tertiary/aromatic N) is 4. The predicted molar refractivity (Wildman–Crippen MR) is 261 cm³/mol. The van der Waals surface area contributed by atoms with Gasteiger partial charge in [-0.15, -0.1) is 23.1 Å². The first-order valence-corrected chi connectivity index (χ1v) is 24.0. The first-order valence-electron chi connectivity index (χ1n) is 21.2. The Morgan fingerprint density at radius 3 is 2.01 bits per heavy atom. The van der Waals surface area contributed by atoms with Crippen LogP contribution in [0.1, 0.15) is 47.9 Å². The zero-order chi connectivity index (χ0) is 49.4. The van der Waals surface area contributed by atoms with Crippen LogP contribution in [0.4, 0.5) is 5.13 Å². The number of β-lactam (4-membered cyclic amide) rings is 1. The number of carbonyl (C=O) groups excluding carboxylic acids is 4. The van der Waals surface area contributed by atoms with Crippen LogP contribution >= 0.6 is 34.9 Å². The number of hydrogen-bond donors (Lipinski definition) is 4. The van der Waals surface area contributed by atoms with Crippen molar-refractivity contribution in [2.24, 2.45) is 5.16 Å². The number of hydrogen-bond acceptors (Lipinski definition) is 16. The van der Waals surface area contributed by atoms with Crippen LogP contribution in [0.3, 0.4) is 0 Å². The molecule has 0 saturated carbocycles. The van der Waals surface area contributed by atoms with Gasteiger partial charge in [-0.1, -0.05) is 114 Å². The van der Waals surface area contributed by atoms with E-state index in [2.05, 4.69) is 20.8 Å². The van der Waals surface area contributed by atoms with Crippen molar-refractivity contribution in [1.29, 1.82) is 0 Å². The average molecular weight is 997 g/mol. The maximum atomic E-state index is 14.6. The number of amides is 2. The summed E-state index contributed by atoms with van der Waals surface area (Å²) < 4.78 is 10.3. The minimum absolute atomic E-state index is 0.0757. The Morgan fingerprint density at radius 2 is 1.44 bits per heavy atom. The number of carboxylic acid groups (broad SMARTS) is 2. The second kappa shape index (κ2) is 21.5. The summed E-state index contributed by atoms with van der Waals surface area (Å²) in [6.45, 7) is 2.23. The summed E-state index contributed by atoms with van der Waals surface area (Å²) in [6.07, 6.45) is 2.95. The third kappa shape index (κ3) is 10.5. The molecular weight excluding hydrogens is 957 g/mol. The number of thioether (sulfide) groups is 2. The molecule has 0 spiro atoms. The van der Waals surface area contributed by atoms with Crippen molar-refractivity contribution in [3.05, 3.63) is 190 Å². The highest BCUT2D eigenvalue weighted by atomic mass is 32.2. The highest BCUT2D eigenvalue weighted by Gasteiger charge is 2.54. The number of ether oxygens (including phenoxy) is 2. The van der Waals surface area contributed by atoms with E-state index in [9.17, 15) is 39.0 Å². The van der Waals surface area contributed by atoms with Crippen LogP contribution in [0.5, 0.6) is 11.5 Å². The number of rotatable bonds is 18. The third-order valence-corrected chi connectivity index (χ3v) is 13.6. The lowest BCUT2D eigenvalue weighted by Gasteiger charge is -2.49. The highest BCUT2D eigenvalue weighted by Crippen LogP contribution is 2.43. The molecule has 0 radical (unpaired) electrons. The molecule has 0 bridgehead atoms. The number of oxime groups is 1. The number of benzene rings is 4. The molecule has 1 fully saturated rings. The minimum atomic E-state index is -1.94. The fourth-order valence-electron chi connectivity index (χ4n) is 7.69. The molecule has 6 aromatic rings. The third-order valence-electron chi connectivity index (χ3n) is 10.7. The molecule has 3 atom stereocenters. The first-order chi connectivity index (χ1) is 33.8. The molecule has 20 heteroatoms. The van der Waals surface area contributed by atoms with E-state index >= 15 is 0 Å². The van der Waals surface area contributed by atoms with Gasteiger partial charge in [0, 0.05) is 47.8 Å². The van der Waals surface area contributed by atoms with Crippen molar-refractivity contribution < 1.29 is 53.3 Å². The SMILES string of the molecule is CC(=O)Oc1ccc([C@@H](ON=C(C(=O)N[C@@H]2C(=O)N3C(C(=O)O)=C(C=CSc4ccncc4)CS[C@@H]23)c2csc(NC(c3ccccc3)(c3ccccc3)c3ccccc3)n2)C(=O)O)cc1OC(C)=O. The number of esters is 2. The van der Waals surface area contributed by atoms with E-state index in [0.717, 1.165) is 57.7 Å².